The van der Waals surface area contributed by atoms with Crippen molar-refractivity contribution in [1.29, 1.82) is 0 Å². The second-order valence-corrected chi connectivity index (χ2v) is 6.63. The summed E-state index contributed by atoms with van der Waals surface area (Å²) in [5.74, 6) is 1.58. The summed E-state index contributed by atoms with van der Waals surface area (Å²) in [5, 5.41) is 8.58. The first-order valence-electron chi connectivity index (χ1n) is 8.99. The number of rotatable bonds is 8. The van der Waals surface area contributed by atoms with Crippen LogP contribution in [-0.2, 0) is 6.61 Å². The second kappa shape index (κ2) is 8.65. The van der Waals surface area contributed by atoms with E-state index in [0.717, 1.165) is 17.0 Å². The first kappa shape index (κ1) is 19.5. The molecule has 2 heterocycles. The zero-order valence-electron chi connectivity index (χ0n) is 16.4. The molecule has 0 N–H and O–H groups in total. The van der Waals surface area contributed by atoms with Gasteiger partial charge >= 0.3 is 0 Å². The lowest BCUT2D eigenvalue weighted by molar-refractivity contribution is 0.111. The molecule has 0 aliphatic carbocycles. The van der Waals surface area contributed by atoms with Crippen LogP contribution in [0.5, 0.6) is 17.2 Å². The number of hydrogen-bond acceptors (Lipinski definition) is 7. The van der Waals surface area contributed by atoms with Gasteiger partial charge in [0.25, 0.3) is 0 Å². The Kier molecular flexibility index (Phi) is 6.03. The fourth-order valence-electron chi connectivity index (χ4n) is 2.92. The molecule has 7 heteroatoms. The van der Waals surface area contributed by atoms with Crippen LogP contribution in [0.2, 0.25) is 0 Å². The largest absolute Gasteiger partial charge is 0.493 e. The predicted octanol–water partition coefficient (Wildman–Crippen LogP) is 4.32. The number of benzene rings is 1. The third-order valence-electron chi connectivity index (χ3n) is 4.49. The van der Waals surface area contributed by atoms with Gasteiger partial charge in [-0.25, -0.2) is 0 Å². The summed E-state index contributed by atoms with van der Waals surface area (Å²) in [5.41, 5.74) is 2.61. The van der Waals surface area contributed by atoms with Crippen LogP contribution in [0.1, 0.15) is 35.5 Å². The monoisotopic (exact) mass is 381 g/mol. The highest BCUT2D eigenvalue weighted by atomic mass is 16.5. The van der Waals surface area contributed by atoms with Crippen LogP contribution in [0.15, 0.2) is 46.8 Å². The van der Waals surface area contributed by atoms with Crippen LogP contribution < -0.4 is 14.2 Å². The number of hydrogen-bond donors (Lipinski definition) is 0. The Balaban J connectivity index is 1.86. The summed E-state index contributed by atoms with van der Waals surface area (Å²) in [7, 11) is 3.00. The number of carbonyl (C=O) groups is 1. The van der Waals surface area contributed by atoms with Crippen LogP contribution in [0.25, 0.3) is 5.70 Å². The van der Waals surface area contributed by atoms with E-state index < -0.39 is 0 Å². The highest BCUT2D eigenvalue weighted by molar-refractivity contribution is 5.85. The number of methoxy groups -OCH3 is 2. The van der Waals surface area contributed by atoms with Crippen molar-refractivity contribution in [2.75, 3.05) is 14.2 Å². The van der Waals surface area contributed by atoms with E-state index in [4.69, 9.17) is 14.2 Å². The van der Waals surface area contributed by atoms with E-state index in [-0.39, 0.29) is 12.6 Å². The Hall–Kier alpha value is -3.22. The molecule has 1 aromatic carbocycles. The second-order valence-electron chi connectivity index (χ2n) is 6.63. The maximum absolute atomic E-state index is 11.6. The number of pyridine rings is 1. The molecule has 146 valence electrons. The lowest BCUT2D eigenvalue weighted by Gasteiger charge is -2.15. The van der Waals surface area contributed by atoms with Crippen molar-refractivity contribution in [2.45, 2.75) is 26.5 Å². The standard InChI is InChI=1S/C21H23N3O4/c1-13(2)16-10-17(24-23-16)20-14(6-5-9-22-20)12-28-18-7-8-19(26-3)21(27-4)15(18)11-25/h5-11,13,16H,12H2,1-4H3. The topological polar surface area (TPSA) is 82.4 Å². The number of aldehydes is 1. The quantitative estimate of drug-likeness (QED) is 0.636. The normalized spacial score (nSPS) is 15.5. The minimum Gasteiger partial charge on any atom is -0.493 e. The molecule has 28 heavy (non-hydrogen) atoms. The van der Waals surface area contributed by atoms with Crippen LogP contribution >= 0.6 is 0 Å². The number of ether oxygens (including phenoxy) is 3. The van der Waals surface area contributed by atoms with Crippen LogP contribution in [0.4, 0.5) is 0 Å². The highest BCUT2D eigenvalue weighted by Gasteiger charge is 2.21. The molecule has 1 unspecified atom stereocenters. The highest BCUT2D eigenvalue weighted by Crippen LogP contribution is 2.36. The number of carbonyl (C=O) groups excluding carboxylic acids is 1. The minimum absolute atomic E-state index is 0.0540. The first-order valence-corrected chi connectivity index (χ1v) is 8.99. The summed E-state index contributed by atoms with van der Waals surface area (Å²) >= 11 is 0. The summed E-state index contributed by atoms with van der Waals surface area (Å²) in [6, 6.07) is 7.20. The first-order chi connectivity index (χ1) is 13.6. The molecular formula is C21H23N3O4. The van der Waals surface area contributed by atoms with E-state index in [9.17, 15) is 4.79 Å². The summed E-state index contributed by atoms with van der Waals surface area (Å²) < 4.78 is 16.5. The molecule has 1 aliphatic heterocycles. The smallest absolute Gasteiger partial charge is 0.175 e. The van der Waals surface area contributed by atoms with Crippen molar-refractivity contribution in [3.8, 4) is 17.2 Å². The third kappa shape index (κ3) is 3.88. The lowest BCUT2D eigenvalue weighted by atomic mass is 10.0. The molecule has 1 atom stereocenters. The number of aromatic nitrogens is 1. The van der Waals surface area contributed by atoms with Gasteiger partial charge in [0.1, 0.15) is 23.6 Å². The molecule has 0 spiro atoms. The molecule has 0 saturated heterocycles. The SMILES string of the molecule is COc1ccc(OCc2cccnc2C2=CC(C(C)C)N=N2)c(C=O)c1OC. The fourth-order valence-corrected chi connectivity index (χ4v) is 2.92. The zero-order valence-corrected chi connectivity index (χ0v) is 16.4. The van der Waals surface area contributed by atoms with Gasteiger partial charge in [0.05, 0.1) is 26.0 Å². The van der Waals surface area contributed by atoms with Crippen molar-refractivity contribution >= 4 is 12.0 Å². The van der Waals surface area contributed by atoms with Gasteiger partial charge in [0.15, 0.2) is 17.8 Å². The fraction of sp³-hybridized carbons (Fsp3) is 0.333. The Morgan fingerprint density at radius 3 is 2.57 bits per heavy atom. The zero-order chi connectivity index (χ0) is 20.1. The van der Waals surface area contributed by atoms with Crippen molar-refractivity contribution in [3.05, 3.63) is 53.4 Å². The van der Waals surface area contributed by atoms with Gasteiger partial charge in [-0.05, 0) is 30.2 Å². The van der Waals surface area contributed by atoms with Gasteiger partial charge in [-0.2, -0.15) is 10.2 Å². The van der Waals surface area contributed by atoms with Gasteiger partial charge < -0.3 is 14.2 Å². The molecule has 0 amide bonds. The van der Waals surface area contributed by atoms with Crippen LogP contribution in [0.3, 0.4) is 0 Å². The van der Waals surface area contributed by atoms with E-state index in [1.807, 2.05) is 18.2 Å². The molecular weight excluding hydrogens is 358 g/mol. The Morgan fingerprint density at radius 1 is 1.14 bits per heavy atom. The molecule has 0 radical (unpaired) electrons. The summed E-state index contributed by atoms with van der Waals surface area (Å²) in [4.78, 5) is 16.1. The number of azo groups is 1. The average molecular weight is 381 g/mol. The average Bonchev–Trinajstić information content (AvgIpc) is 3.22. The van der Waals surface area contributed by atoms with Gasteiger partial charge in [-0.15, -0.1) is 0 Å². The molecule has 0 saturated carbocycles. The van der Waals surface area contributed by atoms with Crippen molar-refractivity contribution < 1.29 is 19.0 Å². The van der Waals surface area contributed by atoms with Crippen molar-refractivity contribution in [3.63, 3.8) is 0 Å². The van der Waals surface area contributed by atoms with Gasteiger partial charge in [0.2, 0.25) is 0 Å². The van der Waals surface area contributed by atoms with Crippen LogP contribution in [0, 0.1) is 5.92 Å². The van der Waals surface area contributed by atoms with E-state index >= 15 is 0 Å². The molecule has 1 aliphatic rings. The lowest BCUT2D eigenvalue weighted by Crippen LogP contribution is -2.07. The predicted molar refractivity (Wildman–Crippen MR) is 105 cm³/mol. The Labute approximate surface area is 164 Å². The maximum atomic E-state index is 11.6. The van der Waals surface area contributed by atoms with Gasteiger partial charge in [0, 0.05) is 11.8 Å². The van der Waals surface area contributed by atoms with Crippen molar-refractivity contribution in [1.82, 2.24) is 4.98 Å². The summed E-state index contributed by atoms with van der Waals surface area (Å²) in [6.07, 6.45) is 4.43. The Morgan fingerprint density at radius 2 is 1.93 bits per heavy atom. The van der Waals surface area contributed by atoms with Gasteiger partial charge in [-0.1, -0.05) is 19.9 Å². The maximum Gasteiger partial charge on any atom is 0.175 e. The van der Waals surface area contributed by atoms with Crippen molar-refractivity contribution in [2.24, 2.45) is 16.1 Å². The Bertz CT molecular complexity index is 922. The van der Waals surface area contributed by atoms with E-state index in [1.54, 1.807) is 18.3 Å². The molecule has 7 nitrogen and oxygen atoms in total. The summed E-state index contributed by atoms with van der Waals surface area (Å²) in [6.45, 7) is 4.42. The van der Waals surface area contributed by atoms with E-state index in [2.05, 4.69) is 29.1 Å². The van der Waals surface area contributed by atoms with Crippen LogP contribution in [-0.4, -0.2) is 31.5 Å². The molecule has 1 aromatic heterocycles. The molecule has 0 bridgehead atoms. The van der Waals surface area contributed by atoms with E-state index in [1.165, 1.54) is 14.2 Å². The van der Waals surface area contributed by atoms with Gasteiger partial charge in [-0.3, -0.25) is 9.78 Å². The molecule has 0 fully saturated rings. The van der Waals surface area contributed by atoms with E-state index in [0.29, 0.717) is 35.0 Å². The molecule has 2 aromatic rings. The minimum atomic E-state index is 0.0540. The number of nitrogens with zero attached hydrogens (tertiary/aromatic N) is 3. The third-order valence-corrected chi connectivity index (χ3v) is 4.49. The molecule has 3 rings (SSSR count).